The van der Waals surface area contributed by atoms with E-state index < -0.39 is 5.97 Å². The summed E-state index contributed by atoms with van der Waals surface area (Å²) < 4.78 is 0. The summed E-state index contributed by atoms with van der Waals surface area (Å²) in [6, 6.07) is 0. The third kappa shape index (κ3) is 2.02. The molecule has 4 heteroatoms. The first-order valence-corrected chi connectivity index (χ1v) is 4.09. The molecule has 0 bridgehead atoms. The summed E-state index contributed by atoms with van der Waals surface area (Å²) in [5.41, 5.74) is 1.55. The van der Waals surface area contributed by atoms with Crippen LogP contribution in [0.3, 0.4) is 0 Å². The maximum Gasteiger partial charge on any atom is 0.356 e. The predicted octanol–water partition coefficient (Wildman–Crippen LogP) is 1.61. The SMILES string of the molecule is Cc1ncc(C(=O)O)nc1C(C)C. The zero-order valence-electron chi connectivity index (χ0n) is 7.90. The van der Waals surface area contributed by atoms with Crippen molar-refractivity contribution < 1.29 is 9.90 Å². The number of carboxylic acid groups (broad SMARTS) is 1. The highest BCUT2D eigenvalue weighted by molar-refractivity contribution is 5.84. The molecule has 0 fully saturated rings. The van der Waals surface area contributed by atoms with Crippen molar-refractivity contribution in [2.45, 2.75) is 26.7 Å². The molecule has 0 saturated heterocycles. The number of aromatic carboxylic acids is 1. The second-order valence-corrected chi connectivity index (χ2v) is 3.19. The molecule has 1 rings (SSSR count). The maximum absolute atomic E-state index is 10.6. The van der Waals surface area contributed by atoms with Gasteiger partial charge < -0.3 is 5.11 Å². The third-order valence-electron chi connectivity index (χ3n) is 1.76. The molecule has 13 heavy (non-hydrogen) atoms. The first-order chi connectivity index (χ1) is 6.02. The summed E-state index contributed by atoms with van der Waals surface area (Å²) in [5.74, 6) is -0.832. The lowest BCUT2D eigenvalue weighted by Gasteiger charge is -2.07. The molecule has 1 N–H and O–H groups in total. The second kappa shape index (κ2) is 3.51. The first kappa shape index (κ1) is 9.64. The van der Waals surface area contributed by atoms with Crippen LogP contribution < -0.4 is 0 Å². The molecule has 1 heterocycles. The van der Waals surface area contributed by atoms with Gasteiger partial charge in [0.25, 0.3) is 0 Å². The predicted molar refractivity (Wildman–Crippen MR) is 47.8 cm³/mol. The minimum absolute atomic E-state index is 0.00861. The van der Waals surface area contributed by atoms with Gasteiger partial charge in [-0.25, -0.2) is 9.78 Å². The van der Waals surface area contributed by atoms with Gasteiger partial charge >= 0.3 is 5.97 Å². The zero-order valence-corrected chi connectivity index (χ0v) is 7.90. The number of aryl methyl sites for hydroxylation is 1. The molecule has 1 aromatic heterocycles. The van der Waals surface area contributed by atoms with Crippen LogP contribution >= 0.6 is 0 Å². The van der Waals surface area contributed by atoms with E-state index in [-0.39, 0.29) is 11.6 Å². The van der Waals surface area contributed by atoms with Crippen LogP contribution in [0.2, 0.25) is 0 Å². The summed E-state index contributed by atoms with van der Waals surface area (Å²) in [7, 11) is 0. The third-order valence-corrected chi connectivity index (χ3v) is 1.76. The zero-order chi connectivity index (χ0) is 10.0. The number of hydrogen-bond acceptors (Lipinski definition) is 3. The number of rotatable bonds is 2. The van der Waals surface area contributed by atoms with Gasteiger partial charge in [-0.3, -0.25) is 4.98 Å². The van der Waals surface area contributed by atoms with Gasteiger partial charge in [0.05, 0.1) is 17.6 Å². The number of aromatic nitrogens is 2. The van der Waals surface area contributed by atoms with Crippen LogP contribution in [-0.2, 0) is 0 Å². The van der Waals surface area contributed by atoms with Crippen molar-refractivity contribution in [3.05, 3.63) is 23.3 Å². The molecular weight excluding hydrogens is 168 g/mol. The molecule has 70 valence electrons. The highest BCUT2D eigenvalue weighted by Crippen LogP contribution is 2.14. The normalized spacial score (nSPS) is 10.5. The fraction of sp³-hybridized carbons (Fsp3) is 0.444. The molecule has 0 aliphatic heterocycles. The monoisotopic (exact) mass is 180 g/mol. The van der Waals surface area contributed by atoms with Gasteiger partial charge in [-0.05, 0) is 12.8 Å². The largest absolute Gasteiger partial charge is 0.476 e. The van der Waals surface area contributed by atoms with E-state index in [2.05, 4.69) is 9.97 Å². The number of hydrogen-bond donors (Lipinski definition) is 1. The molecule has 0 amide bonds. The summed E-state index contributed by atoms with van der Waals surface area (Å²) in [6.45, 7) is 5.75. The van der Waals surface area contributed by atoms with Crippen LogP contribution in [0.4, 0.5) is 0 Å². The van der Waals surface area contributed by atoms with Gasteiger partial charge in [-0.15, -0.1) is 0 Å². The molecule has 0 atom stereocenters. The Balaban J connectivity index is 3.19. The topological polar surface area (TPSA) is 63.1 Å². The molecular formula is C9H12N2O2. The van der Waals surface area contributed by atoms with E-state index in [1.807, 2.05) is 20.8 Å². The average molecular weight is 180 g/mol. The molecule has 0 aliphatic rings. The van der Waals surface area contributed by atoms with Gasteiger partial charge in [0, 0.05) is 0 Å². The van der Waals surface area contributed by atoms with Crippen molar-refractivity contribution in [1.29, 1.82) is 0 Å². The highest BCUT2D eigenvalue weighted by Gasteiger charge is 2.11. The number of nitrogens with zero attached hydrogens (tertiary/aromatic N) is 2. The summed E-state index contributed by atoms with van der Waals surface area (Å²) in [5, 5.41) is 8.68. The van der Waals surface area contributed by atoms with Gasteiger partial charge in [-0.1, -0.05) is 13.8 Å². The molecule has 0 aromatic carbocycles. The van der Waals surface area contributed by atoms with E-state index >= 15 is 0 Å². The van der Waals surface area contributed by atoms with Crippen LogP contribution in [0.5, 0.6) is 0 Å². The standard InChI is InChI=1S/C9H12N2O2/c1-5(2)8-6(3)10-4-7(11-8)9(12)13/h4-5H,1-3H3,(H,12,13). The van der Waals surface area contributed by atoms with Crippen molar-refractivity contribution >= 4 is 5.97 Å². The highest BCUT2D eigenvalue weighted by atomic mass is 16.4. The van der Waals surface area contributed by atoms with Crippen molar-refractivity contribution in [1.82, 2.24) is 9.97 Å². The smallest absolute Gasteiger partial charge is 0.356 e. The van der Waals surface area contributed by atoms with Crippen molar-refractivity contribution in [2.24, 2.45) is 0 Å². The van der Waals surface area contributed by atoms with Crippen molar-refractivity contribution in [3.63, 3.8) is 0 Å². The first-order valence-electron chi connectivity index (χ1n) is 4.09. The Hall–Kier alpha value is -1.45. The quantitative estimate of drug-likeness (QED) is 0.750. The van der Waals surface area contributed by atoms with E-state index in [9.17, 15) is 4.79 Å². The van der Waals surface area contributed by atoms with E-state index in [0.29, 0.717) is 0 Å². The lowest BCUT2D eigenvalue weighted by Crippen LogP contribution is -2.07. The van der Waals surface area contributed by atoms with Crippen molar-refractivity contribution in [3.8, 4) is 0 Å². The lowest BCUT2D eigenvalue weighted by molar-refractivity contribution is 0.0689. The molecule has 0 aliphatic carbocycles. The van der Waals surface area contributed by atoms with Crippen LogP contribution in [0.15, 0.2) is 6.20 Å². The number of carboxylic acids is 1. The van der Waals surface area contributed by atoms with Crippen LogP contribution in [-0.4, -0.2) is 21.0 Å². The van der Waals surface area contributed by atoms with Gasteiger partial charge in [0.2, 0.25) is 0 Å². The van der Waals surface area contributed by atoms with E-state index in [4.69, 9.17) is 5.11 Å². The summed E-state index contributed by atoms with van der Waals surface area (Å²) in [6.07, 6.45) is 1.28. The molecule has 0 spiro atoms. The van der Waals surface area contributed by atoms with E-state index in [1.165, 1.54) is 6.20 Å². The Kier molecular flexibility index (Phi) is 2.60. The van der Waals surface area contributed by atoms with Crippen LogP contribution in [0, 0.1) is 6.92 Å². The van der Waals surface area contributed by atoms with Gasteiger partial charge in [0.1, 0.15) is 0 Å². The average Bonchev–Trinajstić information content (AvgIpc) is 2.04. The summed E-state index contributed by atoms with van der Waals surface area (Å²) >= 11 is 0. The fourth-order valence-corrected chi connectivity index (χ4v) is 1.11. The van der Waals surface area contributed by atoms with Crippen molar-refractivity contribution in [2.75, 3.05) is 0 Å². The fourth-order valence-electron chi connectivity index (χ4n) is 1.11. The van der Waals surface area contributed by atoms with Gasteiger partial charge in [0.15, 0.2) is 5.69 Å². The second-order valence-electron chi connectivity index (χ2n) is 3.19. The Morgan fingerprint density at radius 1 is 1.54 bits per heavy atom. The minimum Gasteiger partial charge on any atom is -0.476 e. The molecule has 1 aromatic rings. The Labute approximate surface area is 76.7 Å². The maximum atomic E-state index is 10.6. The Bertz CT molecular complexity index is 334. The number of carbonyl (C=O) groups is 1. The Morgan fingerprint density at radius 3 is 2.62 bits per heavy atom. The molecule has 4 nitrogen and oxygen atoms in total. The lowest BCUT2D eigenvalue weighted by atomic mass is 10.1. The Morgan fingerprint density at radius 2 is 2.15 bits per heavy atom. The van der Waals surface area contributed by atoms with E-state index in [0.717, 1.165) is 11.4 Å². The van der Waals surface area contributed by atoms with Crippen LogP contribution in [0.25, 0.3) is 0 Å². The van der Waals surface area contributed by atoms with E-state index in [1.54, 1.807) is 0 Å². The molecule has 0 radical (unpaired) electrons. The van der Waals surface area contributed by atoms with Crippen LogP contribution in [0.1, 0.15) is 41.6 Å². The van der Waals surface area contributed by atoms with Gasteiger partial charge in [-0.2, -0.15) is 0 Å². The minimum atomic E-state index is -1.03. The molecule has 0 saturated carbocycles. The summed E-state index contributed by atoms with van der Waals surface area (Å²) in [4.78, 5) is 18.6. The molecule has 0 unspecified atom stereocenters.